The molecule has 0 heterocycles. The van der Waals surface area contributed by atoms with Crippen molar-refractivity contribution in [3.8, 4) is 0 Å². The van der Waals surface area contributed by atoms with E-state index in [9.17, 15) is 13.2 Å². The summed E-state index contributed by atoms with van der Waals surface area (Å²) in [7, 11) is -3.68. The van der Waals surface area contributed by atoms with Crippen molar-refractivity contribution < 1.29 is 13.2 Å². The van der Waals surface area contributed by atoms with Crippen LogP contribution in [0.3, 0.4) is 0 Å². The Labute approximate surface area is 130 Å². The van der Waals surface area contributed by atoms with E-state index in [1.165, 1.54) is 12.1 Å². The summed E-state index contributed by atoms with van der Waals surface area (Å²) in [6.07, 6.45) is 1.11. The third-order valence-corrected chi connectivity index (χ3v) is 4.15. The second kappa shape index (κ2) is 7.20. The summed E-state index contributed by atoms with van der Waals surface area (Å²) < 4.78 is 22.3. The van der Waals surface area contributed by atoms with Crippen LogP contribution in [0.4, 0.5) is 0 Å². The molecule has 5 nitrogen and oxygen atoms in total. The molecule has 0 fully saturated rings. The standard InChI is InChI=1S/C16H18N2O3S/c17-22(20,21)15-9-6-14(7-10-15)12-18-16(19)11-8-13-4-2-1-3-5-13/h1-7,9-10H,8,11-12H2,(H,18,19)(H2,17,20,21). The summed E-state index contributed by atoms with van der Waals surface area (Å²) in [6.45, 7) is 0.360. The summed E-state index contributed by atoms with van der Waals surface area (Å²) in [5, 5.41) is 7.83. The molecule has 0 aromatic heterocycles. The molecule has 0 saturated carbocycles. The minimum atomic E-state index is -3.68. The van der Waals surface area contributed by atoms with Crippen LogP contribution < -0.4 is 10.5 Å². The lowest BCUT2D eigenvalue weighted by Crippen LogP contribution is -2.23. The van der Waals surface area contributed by atoms with Crippen LogP contribution in [0.5, 0.6) is 0 Å². The van der Waals surface area contributed by atoms with Gasteiger partial charge >= 0.3 is 0 Å². The van der Waals surface area contributed by atoms with Gasteiger partial charge < -0.3 is 5.32 Å². The predicted octanol–water partition coefficient (Wildman–Crippen LogP) is 1.58. The SMILES string of the molecule is NS(=O)(=O)c1ccc(CNC(=O)CCc2ccccc2)cc1. The van der Waals surface area contributed by atoms with Crippen LogP contribution in [0.1, 0.15) is 17.5 Å². The second-order valence-corrected chi connectivity index (χ2v) is 6.51. The largest absolute Gasteiger partial charge is 0.352 e. The molecule has 0 atom stereocenters. The van der Waals surface area contributed by atoms with E-state index in [0.717, 1.165) is 11.1 Å². The molecule has 0 aliphatic heterocycles. The predicted molar refractivity (Wildman–Crippen MR) is 84.4 cm³/mol. The number of nitrogens with two attached hydrogens (primary N) is 1. The maximum Gasteiger partial charge on any atom is 0.238 e. The summed E-state index contributed by atoms with van der Waals surface area (Å²) in [5.74, 6) is -0.0422. The molecule has 0 radical (unpaired) electrons. The molecular formula is C16H18N2O3S. The van der Waals surface area contributed by atoms with Crippen molar-refractivity contribution in [2.45, 2.75) is 24.3 Å². The highest BCUT2D eigenvalue weighted by Gasteiger charge is 2.07. The van der Waals surface area contributed by atoms with Gasteiger partial charge in [0.2, 0.25) is 15.9 Å². The Morgan fingerprint density at radius 1 is 0.955 bits per heavy atom. The first-order chi connectivity index (χ1) is 10.4. The van der Waals surface area contributed by atoms with E-state index in [4.69, 9.17) is 5.14 Å². The molecule has 2 aromatic rings. The number of hydrogen-bond acceptors (Lipinski definition) is 3. The summed E-state index contributed by atoms with van der Waals surface area (Å²) in [5.41, 5.74) is 1.94. The summed E-state index contributed by atoms with van der Waals surface area (Å²) >= 11 is 0. The van der Waals surface area contributed by atoms with E-state index >= 15 is 0 Å². The fourth-order valence-corrected chi connectivity index (χ4v) is 2.50. The molecule has 22 heavy (non-hydrogen) atoms. The zero-order valence-corrected chi connectivity index (χ0v) is 12.8. The van der Waals surface area contributed by atoms with Crippen LogP contribution in [0.15, 0.2) is 59.5 Å². The molecule has 2 aromatic carbocycles. The molecule has 6 heteroatoms. The van der Waals surface area contributed by atoms with E-state index in [0.29, 0.717) is 19.4 Å². The number of benzene rings is 2. The van der Waals surface area contributed by atoms with E-state index in [1.54, 1.807) is 12.1 Å². The average molecular weight is 318 g/mol. The molecule has 1 amide bonds. The Hall–Kier alpha value is -2.18. The van der Waals surface area contributed by atoms with Crippen LogP contribution >= 0.6 is 0 Å². The zero-order valence-electron chi connectivity index (χ0n) is 12.0. The number of aryl methyl sites for hydroxylation is 1. The van der Waals surface area contributed by atoms with Gasteiger partial charge in [-0.05, 0) is 29.7 Å². The van der Waals surface area contributed by atoms with E-state index in [1.807, 2.05) is 30.3 Å². The molecule has 116 valence electrons. The van der Waals surface area contributed by atoms with E-state index in [2.05, 4.69) is 5.32 Å². The van der Waals surface area contributed by atoms with E-state index in [-0.39, 0.29) is 10.8 Å². The van der Waals surface area contributed by atoms with E-state index < -0.39 is 10.0 Å². The Bertz CT molecular complexity index is 726. The molecule has 0 bridgehead atoms. The Balaban J connectivity index is 1.81. The molecule has 0 aliphatic rings. The number of carbonyl (C=O) groups excluding carboxylic acids is 1. The second-order valence-electron chi connectivity index (χ2n) is 4.95. The van der Waals surface area contributed by atoms with Gasteiger partial charge in [-0.15, -0.1) is 0 Å². The molecular weight excluding hydrogens is 300 g/mol. The van der Waals surface area contributed by atoms with Crippen LogP contribution in [0.2, 0.25) is 0 Å². The molecule has 0 saturated heterocycles. The van der Waals surface area contributed by atoms with Crippen molar-refractivity contribution >= 4 is 15.9 Å². The van der Waals surface area contributed by atoms with Crippen LogP contribution in [0, 0.1) is 0 Å². The molecule has 0 spiro atoms. The first-order valence-corrected chi connectivity index (χ1v) is 8.42. The maximum absolute atomic E-state index is 11.8. The number of amides is 1. The zero-order chi connectivity index (χ0) is 16.0. The van der Waals surface area contributed by atoms with Gasteiger partial charge in [0.1, 0.15) is 0 Å². The third-order valence-electron chi connectivity index (χ3n) is 3.23. The highest BCUT2D eigenvalue weighted by molar-refractivity contribution is 7.89. The number of primary sulfonamides is 1. The van der Waals surface area contributed by atoms with Gasteiger partial charge in [-0.25, -0.2) is 13.6 Å². The normalized spacial score (nSPS) is 11.1. The first kappa shape index (κ1) is 16.2. The van der Waals surface area contributed by atoms with Gasteiger partial charge in [-0.1, -0.05) is 42.5 Å². The minimum absolute atomic E-state index is 0.0422. The number of carbonyl (C=O) groups is 1. The highest BCUT2D eigenvalue weighted by Crippen LogP contribution is 2.08. The number of hydrogen-bond donors (Lipinski definition) is 2. The molecule has 0 aliphatic carbocycles. The average Bonchev–Trinajstić information content (AvgIpc) is 2.51. The lowest BCUT2D eigenvalue weighted by molar-refractivity contribution is -0.121. The first-order valence-electron chi connectivity index (χ1n) is 6.87. The van der Waals surface area contributed by atoms with Gasteiger partial charge in [0, 0.05) is 13.0 Å². The number of sulfonamides is 1. The van der Waals surface area contributed by atoms with Gasteiger partial charge in [0.15, 0.2) is 0 Å². The lowest BCUT2D eigenvalue weighted by Gasteiger charge is -2.06. The molecule has 3 N–H and O–H groups in total. The van der Waals surface area contributed by atoms with Gasteiger partial charge in [0.25, 0.3) is 0 Å². The van der Waals surface area contributed by atoms with Crippen molar-refractivity contribution in [2.24, 2.45) is 5.14 Å². The van der Waals surface area contributed by atoms with Crippen molar-refractivity contribution in [1.29, 1.82) is 0 Å². The molecule has 2 rings (SSSR count). The van der Waals surface area contributed by atoms with Crippen LogP contribution in [0.25, 0.3) is 0 Å². The quantitative estimate of drug-likeness (QED) is 0.847. The fourth-order valence-electron chi connectivity index (χ4n) is 1.99. The Morgan fingerprint density at radius 3 is 2.18 bits per heavy atom. The number of rotatable bonds is 6. The van der Waals surface area contributed by atoms with Gasteiger partial charge in [-0.3, -0.25) is 4.79 Å². The van der Waals surface area contributed by atoms with Gasteiger partial charge in [0.05, 0.1) is 4.90 Å². The smallest absolute Gasteiger partial charge is 0.238 e. The lowest BCUT2D eigenvalue weighted by atomic mass is 10.1. The van der Waals surface area contributed by atoms with Crippen molar-refractivity contribution in [1.82, 2.24) is 5.32 Å². The fraction of sp³-hybridized carbons (Fsp3) is 0.188. The van der Waals surface area contributed by atoms with Crippen molar-refractivity contribution in [2.75, 3.05) is 0 Å². The minimum Gasteiger partial charge on any atom is -0.352 e. The van der Waals surface area contributed by atoms with Gasteiger partial charge in [-0.2, -0.15) is 0 Å². The molecule has 0 unspecified atom stereocenters. The third kappa shape index (κ3) is 4.98. The van der Waals surface area contributed by atoms with Crippen LogP contribution in [-0.2, 0) is 27.8 Å². The Morgan fingerprint density at radius 2 is 1.59 bits per heavy atom. The highest BCUT2D eigenvalue weighted by atomic mass is 32.2. The van der Waals surface area contributed by atoms with Crippen LogP contribution in [-0.4, -0.2) is 14.3 Å². The topological polar surface area (TPSA) is 89.3 Å². The number of nitrogens with one attached hydrogen (secondary N) is 1. The summed E-state index contributed by atoms with van der Waals surface area (Å²) in [4.78, 5) is 11.9. The van der Waals surface area contributed by atoms with Crippen molar-refractivity contribution in [3.63, 3.8) is 0 Å². The maximum atomic E-state index is 11.8. The summed E-state index contributed by atoms with van der Waals surface area (Å²) in [6, 6.07) is 15.9. The van der Waals surface area contributed by atoms with Crippen molar-refractivity contribution in [3.05, 3.63) is 65.7 Å². The monoisotopic (exact) mass is 318 g/mol. The Kier molecular flexibility index (Phi) is 5.30.